The van der Waals surface area contributed by atoms with Gasteiger partial charge in [-0.2, -0.15) is 4.39 Å². The Kier molecular flexibility index (Phi) is 2.28. The number of halogens is 2. The van der Waals surface area contributed by atoms with E-state index in [0.717, 1.165) is 15.8 Å². The van der Waals surface area contributed by atoms with Gasteiger partial charge in [-0.25, -0.2) is 4.79 Å². The summed E-state index contributed by atoms with van der Waals surface area (Å²) in [5, 5.41) is 8.58. The minimum absolute atomic E-state index is 0.238. The van der Waals surface area contributed by atoms with E-state index in [1.807, 2.05) is 0 Å². The van der Waals surface area contributed by atoms with Crippen molar-refractivity contribution in [2.24, 2.45) is 0 Å². The minimum atomic E-state index is -1.23. The zero-order chi connectivity index (χ0) is 10.3. The molecule has 0 radical (unpaired) electrons. The molecular formula is C9H4BrFO2S. The summed E-state index contributed by atoms with van der Waals surface area (Å²) in [6.07, 6.45) is 0. The molecule has 1 N–H and O–H groups in total. The van der Waals surface area contributed by atoms with E-state index in [1.165, 1.54) is 0 Å². The highest BCUT2D eigenvalue weighted by Crippen LogP contribution is 2.31. The lowest BCUT2D eigenvalue weighted by atomic mass is 10.2. The molecule has 1 aromatic carbocycles. The number of rotatable bonds is 1. The summed E-state index contributed by atoms with van der Waals surface area (Å²) in [6.45, 7) is 0. The van der Waals surface area contributed by atoms with Gasteiger partial charge in [0.1, 0.15) is 5.56 Å². The first-order valence-electron chi connectivity index (χ1n) is 3.70. The van der Waals surface area contributed by atoms with Gasteiger partial charge in [0, 0.05) is 14.6 Å². The summed E-state index contributed by atoms with van der Waals surface area (Å²) in [4.78, 5) is 10.7. The molecule has 0 fully saturated rings. The van der Waals surface area contributed by atoms with Crippen LogP contribution < -0.4 is 0 Å². The highest BCUT2D eigenvalue weighted by Gasteiger charge is 2.17. The van der Waals surface area contributed by atoms with Crippen molar-refractivity contribution in [3.63, 3.8) is 0 Å². The van der Waals surface area contributed by atoms with Gasteiger partial charge in [0.15, 0.2) is 5.13 Å². The molecule has 0 atom stereocenters. The molecule has 2 nitrogen and oxygen atoms in total. The van der Waals surface area contributed by atoms with Crippen molar-refractivity contribution in [2.75, 3.05) is 0 Å². The highest BCUT2D eigenvalue weighted by molar-refractivity contribution is 9.10. The molecule has 0 aliphatic heterocycles. The first-order valence-corrected chi connectivity index (χ1v) is 5.31. The van der Waals surface area contributed by atoms with Crippen molar-refractivity contribution in [3.05, 3.63) is 33.4 Å². The van der Waals surface area contributed by atoms with E-state index in [4.69, 9.17) is 5.11 Å². The predicted molar refractivity (Wildman–Crippen MR) is 56.4 cm³/mol. The number of benzene rings is 1. The Morgan fingerprint density at radius 1 is 1.50 bits per heavy atom. The molecule has 0 saturated heterocycles. The molecule has 0 amide bonds. The number of carboxylic acid groups (broad SMARTS) is 1. The molecule has 1 aromatic heterocycles. The van der Waals surface area contributed by atoms with E-state index in [1.54, 1.807) is 18.2 Å². The lowest BCUT2D eigenvalue weighted by Gasteiger charge is -1.92. The zero-order valence-electron chi connectivity index (χ0n) is 6.75. The number of aromatic carboxylic acids is 1. The van der Waals surface area contributed by atoms with Gasteiger partial charge in [-0.15, -0.1) is 11.3 Å². The van der Waals surface area contributed by atoms with Gasteiger partial charge < -0.3 is 5.11 Å². The summed E-state index contributed by atoms with van der Waals surface area (Å²) in [5.41, 5.74) is -0.238. The molecule has 2 aromatic rings. The van der Waals surface area contributed by atoms with Gasteiger partial charge in [-0.3, -0.25) is 0 Å². The third-order valence-electron chi connectivity index (χ3n) is 1.82. The number of carbonyl (C=O) groups is 1. The fourth-order valence-corrected chi connectivity index (χ4v) is 2.71. The lowest BCUT2D eigenvalue weighted by Crippen LogP contribution is -1.96. The maximum absolute atomic E-state index is 13.2. The van der Waals surface area contributed by atoms with Crippen molar-refractivity contribution >= 4 is 43.3 Å². The van der Waals surface area contributed by atoms with Crippen molar-refractivity contribution in [3.8, 4) is 0 Å². The molecule has 14 heavy (non-hydrogen) atoms. The van der Waals surface area contributed by atoms with Crippen LogP contribution in [0.1, 0.15) is 10.4 Å². The summed E-state index contributed by atoms with van der Waals surface area (Å²) in [5.74, 6) is -1.23. The van der Waals surface area contributed by atoms with E-state index in [0.29, 0.717) is 10.1 Å². The van der Waals surface area contributed by atoms with E-state index in [2.05, 4.69) is 15.9 Å². The van der Waals surface area contributed by atoms with E-state index < -0.39 is 11.1 Å². The molecule has 5 heteroatoms. The van der Waals surface area contributed by atoms with Crippen LogP contribution in [0.4, 0.5) is 4.39 Å². The van der Waals surface area contributed by atoms with E-state index in [-0.39, 0.29) is 5.56 Å². The largest absolute Gasteiger partial charge is 0.478 e. The van der Waals surface area contributed by atoms with E-state index in [9.17, 15) is 9.18 Å². The number of thiophene rings is 1. The molecule has 1 heterocycles. The maximum Gasteiger partial charge on any atom is 0.340 e. The molecule has 72 valence electrons. The summed E-state index contributed by atoms with van der Waals surface area (Å²) in [6, 6.07) is 5.00. The van der Waals surface area contributed by atoms with Crippen molar-refractivity contribution in [1.82, 2.24) is 0 Å². The first-order chi connectivity index (χ1) is 6.59. The molecule has 0 saturated carbocycles. The van der Waals surface area contributed by atoms with Crippen LogP contribution in [0.3, 0.4) is 0 Å². The van der Waals surface area contributed by atoms with E-state index >= 15 is 0 Å². The second kappa shape index (κ2) is 3.33. The number of carboxylic acids is 1. The summed E-state index contributed by atoms with van der Waals surface area (Å²) < 4.78 is 14.7. The smallest absolute Gasteiger partial charge is 0.340 e. The Hall–Kier alpha value is -0.940. The fourth-order valence-electron chi connectivity index (χ4n) is 1.24. The maximum atomic E-state index is 13.2. The topological polar surface area (TPSA) is 37.3 Å². The first kappa shape index (κ1) is 9.61. The molecular weight excluding hydrogens is 271 g/mol. The minimum Gasteiger partial charge on any atom is -0.478 e. The van der Waals surface area contributed by atoms with Gasteiger partial charge in [0.2, 0.25) is 0 Å². The van der Waals surface area contributed by atoms with Crippen LogP contribution in [0.5, 0.6) is 0 Å². The Balaban J connectivity index is 2.84. The van der Waals surface area contributed by atoms with Gasteiger partial charge in [-0.1, -0.05) is 22.0 Å². The van der Waals surface area contributed by atoms with Gasteiger partial charge in [0.25, 0.3) is 0 Å². The van der Waals surface area contributed by atoms with Gasteiger partial charge in [-0.05, 0) is 12.1 Å². The van der Waals surface area contributed by atoms with Crippen LogP contribution in [0.25, 0.3) is 10.1 Å². The Labute approximate surface area is 91.1 Å². The lowest BCUT2D eigenvalue weighted by molar-refractivity contribution is 0.0695. The van der Waals surface area contributed by atoms with Gasteiger partial charge in [0.05, 0.1) is 0 Å². The molecule has 0 aliphatic rings. The van der Waals surface area contributed by atoms with Crippen LogP contribution in [-0.2, 0) is 0 Å². The molecule has 0 bridgehead atoms. The van der Waals surface area contributed by atoms with Crippen LogP contribution >= 0.6 is 27.3 Å². The standard InChI is InChI=1S/C9H4BrFO2S/c10-4-1-2-5-6(3-4)14-8(11)7(5)9(12)13/h1-3H,(H,12,13). The van der Waals surface area contributed by atoms with Crippen LogP contribution in [0.15, 0.2) is 22.7 Å². The highest BCUT2D eigenvalue weighted by atomic mass is 79.9. The van der Waals surface area contributed by atoms with Gasteiger partial charge >= 0.3 is 5.97 Å². The predicted octanol–water partition coefficient (Wildman–Crippen LogP) is 3.50. The Bertz CT molecular complexity index is 521. The van der Waals surface area contributed by atoms with Crippen LogP contribution in [-0.4, -0.2) is 11.1 Å². The molecule has 0 unspecified atom stereocenters. The van der Waals surface area contributed by atoms with Crippen LogP contribution in [0.2, 0.25) is 0 Å². The van der Waals surface area contributed by atoms with Crippen molar-refractivity contribution in [2.45, 2.75) is 0 Å². The average molecular weight is 275 g/mol. The number of fused-ring (bicyclic) bond motifs is 1. The average Bonchev–Trinajstić information content (AvgIpc) is 2.39. The second-order valence-electron chi connectivity index (χ2n) is 2.70. The summed E-state index contributed by atoms with van der Waals surface area (Å²) in [7, 11) is 0. The summed E-state index contributed by atoms with van der Waals surface area (Å²) >= 11 is 4.08. The Morgan fingerprint density at radius 3 is 2.86 bits per heavy atom. The third-order valence-corrected chi connectivity index (χ3v) is 3.26. The second-order valence-corrected chi connectivity index (χ2v) is 4.61. The molecule has 2 rings (SSSR count). The Morgan fingerprint density at radius 2 is 2.21 bits per heavy atom. The zero-order valence-corrected chi connectivity index (χ0v) is 9.15. The monoisotopic (exact) mass is 274 g/mol. The number of hydrogen-bond acceptors (Lipinski definition) is 2. The SMILES string of the molecule is O=C(O)c1c(F)sc2cc(Br)ccc12. The molecule has 0 aliphatic carbocycles. The fraction of sp³-hybridized carbons (Fsp3) is 0. The normalized spacial score (nSPS) is 10.7. The molecule has 0 spiro atoms. The van der Waals surface area contributed by atoms with Crippen molar-refractivity contribution in [1.29, 1.82) is 0 Å². The number of hydrogen-bond donors (Lipinski definition) is 1. The van der Waals surface area contributed by atoms with Crippen molar-refractivity contribution < 1.29 is 14.3 Å². The quantitative estimate of drug-likeness (QED) is 0.864. The third kappa shape index (κ3) is 1.42. The van der Waals surface area contributed by atoms with Crippen LogP contribution in [0, 0.1) is 5.13 Å².